The van der Waals surface area contributed by atoms with E-state index in [1.807, 2.05) is 66.9 Å². The van der Waals surface area contributed by atoms with Crippen LogP contribution in [0.15, 0.2) is 182 Å². The monoisotopic (exact) mass is 662 g/mol. The molecule has 4 heteroatoms. The highest BCUT2D eigenvalue weighted by Gasteiger charge is 2.14. The van der Waals surface area contributed by atoms with Gasteiger partial charge in [-0.3, -0.25) is 4.98 Å². The third-order valence-electron chi connectivity index (χ3n) is 9.91. The van der Waals surface area contributed by atoms with Crippen molar-refractivity contribution in [3.63, 3.8) is 0 Å². The zero-order valence-electron chi connectivity index (χ0n) is 28.1. The Morgan fingerprint density at radius 1 is 0.269 bits per heavy atom. The third kappa shape index (κ3) is 5.26. The molecule has 10 aromatic rings. The van der Waals surface area contributed by atoms with Crippen LogP contribution in [0.3, 0.4) is 0 Å². The molecule has 0 bridgehead atoms. The molecule has 0 spiro atoms. The number of hydrogen-bond acceptors (Lipinski definition) is 4. The van der Waals surface area contributed by atoms with Gasteiger partial charge in [-0.05, 0) is 79.3 Å². The van der Waals surface area contributed by atoms with E-state index in [4.69, 9.17) is 19.9 Å². The highest BCUT2D eigenvalue weighted by atomic mass is 15.0. The average molecular weight is 663 g/mol. The molecule has 0 aliphatic carbocycles. The van der Waals surface area contributed by atoms with Gasteiger partial charge in [0.2, 0.25) is 0 Å². The van der Waals surface area contributed by atoms with E-state index in [1.165, 1.54) is 37.9 Å². The Labute approximate surface area is 300 Å². The number of pyridine rings is 1. The predicted octanol–water partition coefficient (Wildman–Crippen LogP) is 12.2. The van der Waals surface area contributed by atoms with Gasteiger partial charge in [-0.25, -0.2) is 15.0 Å². The molecule has 0 saturated carbocycles. The van der Waals surface area contributed by atoms with Crippen LogP contribution in [-0.4, -0.2) is 19.9 Å². The molecule has 0 atom stereocenters. The fourth-order valence-electron chi connectivity index (χ4n) is 7.33. The van der Waals surface area contributed by atoms with Crippen LogP contribution in [0.4, 0.5) is 0 Å². The number of hydrogen-bond donors (Lipinski definition) is 0. The first-order valence-corrected chi connectivity index (χ1v) is 17.5. The van der Waals surface area contributed by atoms with E-state index in [2.05, 4.69) is 115 Å². The SMILES string of the molecule is c1ccc(-c2nc(-c3ccccc3)nc(-c3cccc(-c4cnc5ccc(-c6ccc7c8ccccc8c8ccccc8c7c6)cc5c4)c3)n2)cc1. The Balaban J connectivity index is 1.05. The average Bonchev–Trinajstić information content (AvgIpc) is 3.23. The Morgan fingerprint density at radius 3 is 1.35 bits per heavy atom. The van der Waals surface area contributed by atoms with E-state index in [0.717, 1.165) is 44.3 Å². The van der Waals surface area contributed by atoms with Crippen molar-refractivity contribution in [1.82, 2.24) is 19.9 Å². The summed E-state index contributed by atoms with van der Waals surface area (Å²) in [5.74, 6) is 1.91. The van der Waals surface area contributed by atoms with Gasteiger partial charge < -0.3 is 0 Å². The molecule has 242 valence electrons. The van der Waals surface area contributed by atoms with Crippen LogP contribution < -0.4 is 0 Å². The lowest BCUT2D eigenvalue weighted by molar-refractivity contribution is 1.07. The maximum atomic E-state index is 4.95. The normalized spacial score (nSPS) is 11.5. The highest BCUT2D eigenvalue weighted by Crippen LogP contribution is 2.38. The molecule has 0 N–H and O–H groups in total. The van der Waals surface area contributed by atoms with E-state index in [1.54, 1.807) is 0 Å². The van der Waals surface area contributed by atoms with Crippen molar-refractivity contribution in [2.75, 3.05) is 0 Å². The molecule has 0 aliphatic rings. The van der Waals surface area contributed by atoms with Gasteiger partial charge in [0.05, 0.1) is 5.52 Å². The number of benzene rings is 8. The van der Waals surface area contributed by atoms with Gasteiger partial charge >= 0.3 is 0 Å². The molecule has 0 unspecified atom stereocenters. The Hall–Kier alpha value is -7.04. The summed E-state index contributed by atoms with van der Waals surface area (Å²) in [5.41, 5.74) is 8.18. The first-order valence-electron chi connectivity index (χ1n) is 17.5. The molecule has 2 aromatic heterocycles. The van der Waals surface area contributed by atoms with E-state index >= 15 is 0 Å². The molecular weight excluding hydrogens is 633 g/mol. The van der Waals surface area contributed by atoms with Crippen molar-refractivity contribution in [2.45, 2.75) is 0 Å². The van der Waals surface area contributed by atoms with Crippen LogP contribution in [0.2, 0.25) is 0 Å². The van der Waals surface area contributed by atoms with Crippen LogP contribution in [0.5, 0.6) is 0 Å². The maximum Gasteiger partial charge on any atom is 0.164 e. The van der Waals surface area contributed by atoms with Crippen molar-refractivity contribution in [1.29, 1.82) is 0 Å². The van der Waals surface area contributed by atoms with Gasteiger partial charge in [0.1, 0.15) is 0 Å². The van der Waals surface area contributed by atoms with E-state index in [9.17, 15) is 0 Å². The molecule has 8 aromatic carbocycles. The second kappa shape index (κ2) is 12.4. The summed E-state index contributed by atoms with van der Waals surface area (Å²) in [4.78, 5) is 19.6. The van der Waals surface area contributed by atoms with Gasteiger partial charge in [0, 0.05) is 33.8 Å². The van der Waals surface area contributed by atoms with E-state index in [-0.39, 0.29) is 0 Å². The summed E-state index contributed by atoms with van der Waals surface area (Å²) >= 11 is 0. The third-order valence-corrected chi connectivity index (χ3v) is 9.91. The molecule has 0 radical (unpaired) electrons. The first kappa shape index (κ1) is 29.8. The number of fused-ring (bicyclic) bond motifs is 7. The fraction of sp³-hybridized carbons (Fsp3) is 0. The molecule has 0 aliphatic heterocycles. The smallest absolute Gasteiger partial charge is 0.164 e. The zero-order chi connectivity index (χ0) is 34.4. The molecule has 52 heavy (non-hydrogen) atoms. The predicted molar refractivity (Wildman–Crippen MR) is 215 cm³/mol. The quantitative estimate of drug-likeness (QED) is 0.172. The van der Waals surface area contributed by atoms with Crippen molar-refractivity contribution < 1.29 is 0 Å². The summed E-state index contributed by atoms with van der Waals surface area (Å²) < 4.78 is 0. The van der Waals surface area contributed by atoms with Crippen molar-refractivity contribution >= 4 is 43.2 Å². The van der Waals surface area contributed by atoms with Crippen LogP contribution in [-0.2, 0) is 0 Å². The second-order valence-electron chi connectivity index (χ2n) is 13.1. The Bertz CT molecular complexity index is 2860. The fourth-order valence-corrected chi connectivity index (χ4v) is 7.33. The minimum Gasteiger partial charge on any atom is -0.256 e. The van der Waals surface area contributed by atoms with Crippen molar-refractivity contribution in [3.05, 3.63) is 182 Å². The van der Waals surface area contributed by atoms with Gasteiger partial charge in [-0.2, -0.15) is 0 Å². The summed E-state index contributed by atoms with van der Waals surface area (Å²) in [5, 5.41) is 8.74. The van der Waals surface area contributed by atoms with E-state index < -0.39 is 0 Å². The molecule has 0 saturated heterocycles. The molecular formula is C48H30N4. The number of rotatable bonds is 5. The van der Waals surface area contributed by atoms with Crippen LogP contribution in [0.1, 0.15) is 0 Å². The largest absolute Gasteiger partial charge is 0.256 e. The molecule has 10 rings (SSSR count). The van der Waals surface area contributed by atoms with Gasteiger partial charge in [0.25, 0.3) is 0 Å². The van der Waals surface area contributed by atoms with E-state index in [0.29, 0.717) is 17.5 Å². The lowest BCUT2D eigenvalue weighted by Crippen LogP contribution is -2.00. The standard InChI is InChI=1S/C48H30N4/c1-3-12-31(13-4-1)46-50-47(32-14-5-2-6-15-32)52-48(51-46)36-17-11-16-33(26-36)38-28-37-27-34(23-25-45(37)49-30-38)35-22-24-43-41-20-8-7-18-39(41)40-19-9-10-21-42(40)44(43)29-35/h1-30H. The molecule has 0 amide bonds. The van der Waals surface area contributed by atoms with Crippen molar-refractivity contribution in [3.8, 4) is 56.4 Å². The van der Waals surface area contributed by atoms with Crippen LogP contribution in [0.25, 0.3) is 99.6 Å². The Morgan fingerprint density at radius 2 is 0.712 bits per heavy atom. The summed E-state index contributed by atoms with van der Waals surface area (Å²) in [6.07, 6.45) is 1.95. The van der Waals surface area contributed by atoms with Gasteiger partial charge in [0.15, 0.2) is 17.5 Å². The Kier molecular flexibility index (Phi) is 7.10. The minimum absolute atomic E-state index is 0.627. The maximum absolute atomic E-state index is 4.95. The second-order valence-corrected chi connectivity index (χ2v) is 13.1. The lowest BCUT2D eigenvalue weighted by Gasteiger charge is -2.12. The summed E-state index contributed by atoms with van der Waals surface area (Å²) in [6, 6.07) is 61.6. The lowest BCUT2D eigenvalue weighted by atomic mass is 9.92. The first-order chi connectivity index (χ1) is 25.7. The zero-order valence-corrected chi connectivity index (χ0v) is 28.1. The van der Waals surface area contributed by atoms with Gasteiger partial charge in [-0.15, -0.1) is 0 Å². The molecule has 0 fully saturated rings. The topological polar surface area (TPSA) is 51.6 Å². The highest BCUT2D eigenvalue weighted by molar-refractivity contribution is 6.25. The van der Waals surface area contributed by atoms with Crippen LogP contribution >= 0.6 is 0 Å². The summed E-state index contributed by atoms with van der Waals surface area (Å²) in [7, 11) is 0. The summed E-state index contributed by atoms with van der Waals surface area (Å²) in [6.45, 7) is 0. The van der Waals surface area contributed by atoms with Crippen LogP contribution in [0, 0.1) is 0 Å². The van der Waals surface area contributed by atoms with Gasteiger partial charge in [-0.1, -0.05) is 146 Å². The number of aromatic nitrogens is 4. The number of nitrogens with zero attached hydrogens (tertiary/aromatic N) is 4. The minimum atomic E-state index is 0.627. The molecule has 2 heterocycles. The molecule has 4 nitrogen and oxygen atoms in total. The van der Waals surface area contributed by atoms with Crippen molar-refractivity contribution in [2.24, 2.45) is 0 Å².